The van der Waals surface area contributed by atoms with Crippen molar-refractivity contribution in [3.63, 3.8) is 0 Å². The van der Waals surface area contributed by atoms with Crippen molar-refractivity contribution in [2.45, 2.75) is 6.42 Å². The van der Waals surface area contributed by atoms with E-state index in [9.17, 15) is 9.18 Å². The third-order valence-corrected chi connectivity index (χ3v) is 4.48. The molecule has 0 saturated heterocycles. The quantitative estimate of drug-likeness (QED) is 0.678. The van der Waals surface area contributed by atoms with Gasteiger partial charge in [0.05, 0.1) is 12.8 Å². The molecule has 26 heavy (non-hydrogen) atoms. The van der Waals surface area contributed by atoms with Gasteiger partial charge in [0.2, 0.25) is 0 Å². The van der Waals surface area contributed by atoms with Gasteiger partial charge in [-0.05, 0) is 48.4 Å². The number of aromatic nitrogens is 1. The second kappa shape index (κ2) is 8.44. The number of carbonyl (C=O) groups is 1. The van der Waals surface area contributed by atoms with Crippen LogP contribution in [-0.2, 0) is 6.42 Å². The molecular weight excluding hydrogens is 353 g/mol. The van der Waals surface area contributed by atoms with E-state index in [1.165, 1.54) is 23.5 Å². The molecule has 2 aromatic carbocycles. The number of methoxy groups -OCH3 is 1. The summed E-state index contributed by atoms with van der Waals surface area (Å²) in [6.45, 7) is 0.508. The second-order valence-corrected chi connectivity index (χ2v) is 6.38. The third-order valence-electron chi connectivity index (χ3n) is 3.72. The first-order chi connectivity index (χ1) is 12.6. The Morgan fingerprint density at radius 1 is 1.15 bits per heavy atom. The number of thiazole rings is 1. The zero-order valence-corrected chi connectivity index (χ0v) is 15.0. The number of urea groups is 1. The molecule has 1 heterocycles. The van der Waals surface area contributed by atoms with Crippen LogP contribution in [0.1, 0.15) is 5.56 Å². The molecular formula is C19H18FN3O2S. The highest BCUT2D eigenvalue weighted by Crippen LogP contribution is 2.24. The van der Waals surface area contributed by atoms with E-state index in [4.69, 9.17) is 4.74 Å². The summed E-state index contributed by atoms with van der Waals surface area (Å²) in [5, 5.41) is 7.82. The van der Waals surface area contributed by atoms with Crippen molar-refractivity contribution in [3.05, 3.63) is 65.3 Å². The molecule has 0 radical (unpaired) electrons. The highest BCUT2D eigenvalue weighted by atomic mass is 32.1. The smallest absolute Gasteiger partial charge is 0.321 e. The topological polar surface area (TPSA) is 63.2 Å². The number of carbonyl (C=O) groups excluding carboxylic acids is 1. The maximum absolute atomic E-state index is 13.0. The Morgan fingerprint density at radius 3 is 2.58 bits per heavy atom. The summed E-state index contributed by atoms with van der Waals surface area (Å²) in [5.74, 6) is 0.513. The van der Waals surface area contributed by atoms with Crippen molar-refractivity contribution in [1.29, 1.82) is 0 Å². The molecule has 0 spiro atoms. The van der Waals surface area contributed by atoms with E-state index in [1.54, 1.807) is 19.2 Å². The van der Waals surface area contributed by atoms with E-state index in [1.807, 2.05) is 29.6 Å². The Kier molecular flexibility index (Phi) is 5.80. The normalized spacial score (nSPS) is 10.4. The molecule has 0 bridgehead atoms. The van der Waals surface area contributed by atoms with E-state index in [0.29, 0.717) is 17.4 Å². The Balaban J connectivity index is 1.48. The molecule has 7 heteroatoms. The van der Waals surface area contributed by atoms with Gasteiger partial charge in [-0.1, -0.05) is 12.1 Å². The minimum Gasteiger partial charge on any atom is -0.497 e. The molecule has 0 aliphatic heterocycles. The Labute approximate surface area is 154 Å². The third kappa shape index (κ3) is 4.80. The van der Waals surface area contributed by atoms with E-state index < -0.39 is 0 Å². The maximum Gasteiger partial charge on any atom is 0.321 e. The van der Waals surface area contributed by atoms with Crippen LogP contribution in [0.4, 0.5) is 14.3 Å². The number of benzene rings is 2. The van der Waals surface area contributed by atoms with Crippen molar-refractivity contribution in [2.24, 2.45) is 0 Å². The summed E-state index contributed by atoms with van der Waals surface area (Å²) < 4.78 is 18.1. The van der Waals surface area contributed by atoms with Crippen LogP contribution in [0.3, 0.4) is 0 Å². The van der Waals surface area contributed by atoms with Gasteiger partial charge in [0.1, 0.15) is 11.6 Å². The number of hydrogen-bond acceptors (Lipinski definition) is 4. The van der Waals surface area contributed by atoms with Gasteiger partial charge in [-0.25, -0.2) is 14.2 Å². The number of hydrogen-bond donors (Lipinski definition) is 2. The lowest BCUT2D eigenvalue weighted by atomic mass is 10.1. The number of halogens is 1. The highest BCUT2D eigenvalue weighted by molar-refractivity contribution is 7.14. The molecule has 0 aliphatic rings. The second-order valence-electron chi connectivity index (χ2n) is 5.52. The summed E-state index contributed by atoms with van der Waals surface area (Å²) in [6, 6.07) is 13.5. The lowest BCUT2D eigenvalue weighted by molar-refractivity contribution is 0.252. The van der Waals surface area contributed by atoms with Crippen molar-refractivity contribution in [1.82, 2.24) is 10.3 Å². The molecule has 5 nitrogen and oxygen atoms in total. The largest absolute Gasteiger partial charge is 0.497 e. The summed E-state index contributed by atoms with van der Waals surface area (Å²) in [6.07, 6.45) is 0.718. The van der Waals surface area contributed by atoms with Crippen LogP contribution in [0, 0.1) is 5.82 Å². The van der Waals surface area contributed by atoms with Crippen LogP contribution in [-0.4, -0.2) is 24.7 Å². The van der Waals surface area contributed by atoms with Crippen LogP contribution in [0.25, 0.3) is 11.3 Å². The molecule has 0 atom stereocenters. The van der Waals surface area contributed by atoms with E-state index in [0.717, 1.165) is 23.3 Å². The fourth-order valence-corrected chi connectivity index (χ4v) is 3.05. The lowest BCUT2D eigenvalue weighted by Crippen LogP contribution is -2.30. The van der Waals surface area contributed by atoms with Gasteiger partial charge in [-0.2, -0.15) is 0 Å². The summed E-state index contributed by atoms with van der Waals surface area (Å²) in [7, 11) is 1.63. The molecule has 0 aliphatic carbocycles. The molecule has 0 saturated carbocycles. The zero-order valence-electron chi connectivity index (χ0n) is 14.2. The van der Waals surface area contributed by atoms with Crippen LogP contribution in [0.5, 0.6) is 5.75 Å². The fraction of sp³-hybridized carbons (Fsp3) is 0.158. The van der Waals surface area contributed by atoms with Crippen molar-refractivity contribution in [2.75, 3.05) is 19.0 Å². The van der Waals surface area contributed by atoms with Crippen LogP contribution in [0.2, 0.25) is 0 Å². The van der Waals surface area contributed by atoms with Crippen LogP contribution in [0.15, 0.2) is 53.9 Å². The SMILES string of the molecule is COc1ccc(CCNC(=O)Nc2nc(-c3ccc(F)cc3)cs2)cc1. The molecule has 0 unspecified atom stereocenters. The van der Waals surface area contributed by atoms with Crippen LogP contribution < -0.4 is 15.4 Å². The summed E-state index contributed by atoms with van der Waals surface area (Å²) >= 11 is 1.32. The number of nitrogens with one attached hydrogen (secondary N) is 2. The predicted octanol–water partition coefficient (Wildman–Crippen LogP) is 4.32. The average molecular weight is 371 g/mol. The standard InChI is InChI=1S/C19H18FN3O2S/c1-25-16-8-2-13(3-9-16)10-11-21-18(24)23-19-22-17(12-26-19)14-4-6-15(20)7-5-14/h2-9,12H,10-11H2,1H3,(H2,21,22,23,24). The van der Waals surface area contributed by atoms with Gasteiger partial charge in [-0.15, -0.1) is 11.3 Å². The molecule has 2 N–H and O–H groups in total. The molecule has 3 aromatic rings. The van der Waals surface area contributed by atoms with Crippen molar-refractivity contribution >= 4 is 22.5 Å². The molecule has 3 rings (SSSR count). The molecule has 1 aromatic heterocycles. The van der Waals surface area contributed by atoms with Gasteiger partial charge in [0.15, 0.2) is 5.13 Å². The Bertz CT molecular complexity index is 863. The zero-order chi connectivity index (χ0) is 18.4. The number of amides is 2. The van der Waals surface area contributed by atoms with Gasteiger partial charge in [0, 0.05) is 17.5 Å². The first-order valence-electron chi connectivity index (χ1n) is 8.03. The van der Waals surface area contributed by atoms with Gasteiger partial charge in [-0.3, -0.25) is 5.32 Å². The van der Waals surface area contributed by atoms with E-state index >= 15 is 0 Å². The number of nitrogens with zero attached hydrogens (tertiary/aromatic N) is 1. The summed E-state index contributed by atoms with van der Waals surface area (Å²) in [4.78, 5) is 16.3. The lowest BCUT2D eigenvalue weighted by Gasteiger charge is -2.06. The minimum atomic E-state index is -0.307. The van der Waals surface area contributed by atoms with Crippen molar-refractivity contribution < 1.29 is 13.9 Å². The van der Waals surface area contributed by atoms with E-state index in [-0.39, 0.29) is 11.8 Å². The highest BCUT2D eigenvalue weighted by Gasteiger charge is 2.08. The first-order valence-corrected chi connectivity index (χ1v) is 8.91. The fourth-order valence-electron chi connectivity index (χ4n) is 2.34. The van der Waals surface area contributed by atoms with Gasteiger partial charge >= 0.3 is 6.03 Å². The number of anilines is 1. The Morgan fingerprint density at radius 2 is 1.88 bits per heavy atom. The monoisotopic (exact) mass is 371 g/mol. The van der Waals surface area contributed by atoms with E-state index in [2.05, 4.69) is 15.6 Å². The number of ether oxygens (including phenoxy) is 1. The minimum absolute atomic E-state index is 0.293. The molecule has 134 valence electrons. The summed E-state index contributed by atoms with van der Waals surface area (Å²) in [5.41, 5.74) is 2.61. The van der Waals surface area contributed by atoms with Crippen molar-refractivity contribution in [3.8, 4) is 17.0 Å². The molecule has 0 fully saturated rings. The van der Waals surface area contributed by atoms with Gasteiger partial charge in [0.25, 0.3) is 0 Å². The predicted molar refractivity (Wildman–Crippen MR) is 101 cm³/mol. The maximum atomic E-state index is 13.0. The number of rotatable bonds is 6. The first kappa shape index (κ1) is 17.9. The average Bonchev–Trinajstić information content (AvgIpc) is 3.11. The molecule has 2 amide bonds. The Hall–Kier alpha value is -2.93. The van der Waals surface area contributed by atoms with Crippen LogP contribution >= 0.6 is 11.3 Å². The van der Waals surface area contributed by atoms with Gasteiger partial charge < -0.3 is 10.1 Å².